The molecular formula is C18H18F3N5O3. The normalized spacial score (nSPS) is 11.9. The molecule has 2 heterocycles. The molecule has 0 saturated carbocycles. The number of hydrogen-bond donors (Lipinski definition) is 2. The number of carbonyl (C=O) groups is 1. The third-order valence-corrected chi connectivity index (χ3v) is 4.33. The second-order valence-electron chi connectivity index (χ2n) is 6.52. The van der Waals surface area contributed by atoms with Crippen LogP contribution in [0.2, 0.25) is 0 Å². The van der Waals surface area contributed by atoms with Crippen LogP contribution in [0.3, 0.4) is 0 Å². The van der Waals surface area contributed by atoms with E-state index in [9.17, 15) is 27.6 Å². The molecule has 0 aliphatic heterocycles. The highest BCUT2D eigenvalue weighted by atomic mass is 19.4. The lowest BCUT2D eigenvalue weighted by Crippen LogP contribution is -2.35. The lowest BCUT2D eigenvalue weighted by atomic mass is 10.2. The van der Waals surface area contributed by atoms with Crippen molar-refractivity contribution in [1.82, 2.24) is 19.5 Å². The number of unbranched alkanes of at least 4 members (excludes halogenated alkanes) is 3. The first-order valence-electron chi connectivity index (χ1n) is 9.03. The molecule has 8 nitrogen and oxygen atoms in total. The second-order valence-corrected chi connectivity index (χ2v) is 6.52. The van der Waals surface area contributed by atoms with E-state index in [2.05, 4.69) is 21.9 Å². The fraction of sp³-hybridized carbons (Fsp3) is 0.389. The Morgan fingerprint density at radius 2 is 1.90 bits per heavy atom. The Morgan fingerprint density at radius 3 is 2.59 bits per heavy atom. The Labute approximate surface area is 161 Å². The zero-order valence-corrected chi connectivity index (χ0v) is 15.5. The molecule has 29 heavy (non-hydrogen) atoms. The van der Waals surface area contributed by atoms with Crippen LogP contribution < -0.4 is 16.6 Å². The molecule has 2 N–H and O–H groups in total. The van der Waals surface area contributed by atoms with Crippen LogP contribution in [0.15, 0.2) is 27.8 Å². The summed E-state index contributed by atoms with van der Waals surface area (Å²) in [7, 11) is 0. The number of fused-ring (bicyclic) bond motifs is 2. The van der Waals surface area contributed by atoms with Gasteiger partial charge in [0.2, 0.25) is 0 Å². The zero-order chi connectivity index (χ0) is 21.2. The maximum absolute atomic E-state index is 12.6. The molecule has 154 valence electrons. The van der Waals surface area contributed by atoms with Crippen LogP contribution in [0.4, 0.5) is 18.9 Å². The van der Waals surface area contributed by atoms with Gasteiger partial charge in [0.05, 0.1) is 11.0 Å². The lowest BCUT2D eigenvalue weighted by Gasteiger charge is -2.09. The fourth-order valence-corrected chi connectivity index (χ4v) is 2.86. The number of alkyl halides is 3. The standard InChI is InChI=1S/C18H18F3N5O3/c1-2-3-4-5-8-26-15(27)13-14(25-17(26)29)24-12-9-10(6-7-11(12)23-13)22-16(28)18(19,20)21/h6-7,9H,2-5,8H2,1H3,(H,22,28)(H,24,25,29). The SMILES string of the molecule is CCCCCCn1c(=O)[nH]c2nc3cc(NC(=O)C(F)(F)F)ccc3nc2c1=O. The van der Waals surface area contributed by atoms with E-state index in [0.717, 1.165) is 23.8 Å². The number of hydrogen-bond acceptors (Lipinski definition) is 5. The maximum atomic E-state index is 12.6. The predicted octanol–water partition coefficient (Wildman–Crippen LogP) is 2.71. The van der Waals surface area contributed by atoms with E-state index in [-0.39, 0.29) is 34.4 Å². The summed E-state index contributed by atoms with van der Waals surface area (Å²) in [6, 6.07) is 3.74. The molecular weight excluding hydrogens is 391 g/mol. The number of carbonyl (C=O) groups excluding carboxylic acids is 1. The van der Waals surface area contributed by atoms with Crippen LogP contribution in [0.5, 0.6) is 0 Å². The van der Waals surface area contributed by atoms with E-state index in [1.165, 1.54) is 18.2 Å². The van der Waals surface area contributed by atoms with E-state index in [4.69, 9.17) is 0 Å². The van der Waals surface area contributed by atoms with Gasteiger partial charge in [0, 0.05) is 12.2 Å². The lowest BCUT2D eigenvalue weighted by molar-refractivity contribution is -0.167. The summed E-state index contributed by atoms with van der Waals surface area (Å²) in [4.78, 5) is 46.7. The van der Waals surface area contributed by atoms with E-state index < -0.39 is 23.3 Å². The van der Waals surface area contributed by atoms with Crippen molar-refractivity contribution in [3.63, 3.8) is 0 Å². The number of aromatic amines is 1. The molecule has 3 aromatic rings. The van der Waals surface area contributed by atoms with Crippen molar-refractivity contribution < 1.29 is 18.0 Å². The summed E-state index contributed by atoms with van der Waals surface area (Å²) in [6.07, 6.45) is -1.46. The molecule has 0 bridgehead atoms. The molecule has 0 unspecified atom stereocenters. The number of aromatic nitrogens is 4. The molecule has 0 aliphatic carbocycles. The van der Waals surface area contributed by atoms with Gasteiger partial charge >= 0.3 is 17.8 Å². The highest BCUT2D eigenvalue weighted by Gasteiger charge is 2.38. The number of halogens is 3. The van der Waals surface area contributed by atoms with Gasteiger partial charge in [0.25, 0.3) is 5.56 Å². The number of rotatable bonds is 6. The van der Waals surface area contributed by atoms with Crippen molar-refractivity contribution >= 4 is 33.8 Å². The molecule has 0 spiro atoms. The smallest absolute Gasteiger partial charge is 0.318 e. The molecule has 0 aliphatic rings. The van der Waals surface area contributed by atoms with E-state index >= 15 is 0 Å². The van der Waals surface area contributed by atoms with Gasteiger partial charge in [-0.15, -0.1) is 0 Å². The average molecular weight is 409 g/mol. The van der Waals surface area contributed by atoms with Crippen molar-refractivity contribution in [1.29, 1.82) is 0 Å². The Hall–Kier alpha value is -3.24. The summed E-state index contributed by atoms with van der Waals surface area (Å²) in [5, 5.41) is 1.72. The first-order chi connectivity index (χ1) is 13.7. The summed E-state index contributed by atoms with van der Waals surface area (Å²) in [6.45, 7) is 2.31. The van der Waals surface area contributed by atoms with Gasteiger partial charge in [-0.2, -0.15) is 13.2 Å². The van der Waals surface area contributed by atoms with Gasteiger partial charge in [0.15, 0.2) is 11.2 Å². The number of H-pyrrole nitrogens is 1. The first kappa shape index (κ1) is 20.5. The van der Waals surface area contributed by atoms with Crippen molar-refractivity contribution in [2.24, 2.45) is 0 Å². The minimum atomic E-state index is -5.03. The van der Waals surface area contributed by atoms with Gasteiger partial charge in [-0.3, -0.25) is 19.1 Å². The van der Waals surface area contributed by atoms with E-state index in [1.807, 2.05) is 0 Å². The molecule has 2 aromatic heterocycles. The van der Waals surface area contributed by atoms with Crippen molar-refractivity contribution in [2.45, 2.75) is 45.3 Å². The van der Waals surface area contributed by atoms with E-state index in [0.29, 0.717) is 6.42 Å². The van der Waals surface area contributed by atoms with Crippen molar-refractivity contribution in [2.75, 3.05) is 5.32 Å². The number of nitrogens with zero attached hydrogens (tertiary/aromatic N) is 3. The molecule has 0 radical (unpaired) electrons. The first-order valence-corrected chi connectivity index (χ1v) is 9.03. The van der Waals surface area contributed by atoms with Crippen LogP contribution in [-0.4, -0.2) is 31.6 Å². The van der Waals surface area contributed by atoms with Crippen LogP contribution >= 0.6 is 0 Å². The quantitative estimate of drug-likeness (QED) is 0.481. The number of anilines is 1. The van der Waals surface area contributed by atoms with Gasteiger partial charge in [-0.05, 0) is 24.6 Å². The molecule has 11 heteroatoms. The Bertz CT molecular complexity index is 1180. The van der Waals surface area contributed by atoms with Crippen LogP contribution in [0, 0.1) is 0 Å². The molecule has 0 saturated heterocycles. The van der Waals surface area contributed by atoms with Gasteiger partial charge in [0.1, 0.15) is 0 Å². The maximum Gasteiger partial charge on any atom is 0.471 e. The van der Waals surface area contributed by atoms with Gasteiger partial charge in [-0.1, -0.05) is 26.2 Å². The molecule has 3 rings (SSSR count). The van der Waals surface area contributed by atoms with Crippen molar-refractivity contribution in [3.8, 4) is 0 Å². The van der Waals surface area contributed by atoms with Crippen LogP contribution in [0.25, 0.3) is 22.2 Å². The molecule has 0 fully saturated rings. The largest absolute Gasteiger partial charge is 0.471 e. The Balaban J connectivity index is 1.99. The van der Waals surface area contributed by atoms with Gasteiger partial charge in [-0.25, -0.2) is 14.8 Å². The second kappa shape index (κ2) is 8.02. The highest BCUT2D eigenvalue weighted by molar-refractivity contribution is 5.97. The van der Waals surface area contributed by atoms with Crippen molar-refractivity contribution in [3.05, 3.63) is 39.0 Å². The Kier molecular flexibility index (Phi) is 5.66. The predicted molar refractivity (Wildman–Crippen MR) is 101 cm³/mol. The van der Waals surface area contributed by atoms with Crippen LogP contribution in [0.1, 0.15) is 32.6 Å². The molecule has 1 amide bonds. The Morgan fingerprint density at radius 1 is 1.14 bits per heavy atom. The minimum Gasteiger partial charge on any atom is -0.318 e. The molecule has 1 aromatic carbocycles. The average Bonchev–Trinajstić information content (AvgIpc) is 2.65. The number of amides is 1. The number of nitrogens with one attached hydrogen (secondary N) is 2. The van der Waals surface area contributed by atoms with E-state index in [1.54, 1.807) is 5.32 Å². The highest BCUT2D eigenvalue weighted by Crippen LogP contribution is 2.21. The summed E-state index contributed by atoms with van der Waals surface area (Å²) >= 11 is 0. The third kappa shape index (κ3) is 4.44. The van der Waals surface area contributed by atoms with Crippen LogP contribution in [-0.2, 0) is 11.3 Å². The summed E-state index contributed by atoms with van der Waals surface area (Å²) in [5.41, 5.74) is -1.10. The summed E-state index contributed by atoms with van der Waals surface area (Å²) in [5.74, 6) is -2.12. The molecule has 0 atom stereocenters. The number of benzene rings is 1. The fourth-order valence-electron chi connectivity index (χ4n) is 2.86. The third-order valence-electron chi connectivity index (χ3n) is 4.33. The van der Waals surface area contributed by atoms with Gasteiger partial charge < -0.3 is 5.32 Å². The zero-order valence-electron chi connectivity index (χ0n) is 15.5. The summed E-state index contributed by atoms with van der Waals surface area (Å²) < 4.78 is 38.3. The minimum absolute atomic E-state index is 0.0420. The topological polar surface area (TPSA) is 110 Å². The monoisotopic (exact) mass is 409 g/mol.